The molecule has 116 valence electrons. The van der Waals surface area contributed by atoms with Crippen molar-refractivity contribution in [2.45, 2.75) is 33.0 Å². The summed E-state index contributed by atoms with van der Waals surface area (Å²) in [5, 5.41) is 2.58. The molecule has 1 N–H and O–H groups in total. The molecule has 2 amide bonds. The number of hydrogen-bond donors (Lipinski definition) is 1. The number of nitrogens with one attached hydrogen (secondary N) is 1. The predicted molar refractivity (Wildman–Crippen MR) is 82.7 cm³/mol. The van der Waals surface area contributed by atoms with Crippen molar-refractivity contribution in [1.82, 2.24) is 10.2 Å². The van der Waals surface area contributed by atoms with E-state index >= 15 is 0 Å². The van der Waals surface area contributed by atoms with Crippen molar-refractivity contribution in [1.29, 1.82) is 0 Å². The zero-order valence-corrected chi connectivity index (χ0v) is 12.8. The van der Waals surface area contributed by atoms with Crippen LogP contribution < -0.4 is 5.32 Å². The summed E-state index contributed by atoms with van der Waals surface area (Å²) >= 11 is 0. The molecule has 0 spiro atoms. The van der Waals surface area contributed by atoms with Gasteiger partial charge < -0.3 is 14.6 Å². The highest BCUT2D eigenvalue weighted by atomic mass is 16.3. The third-order valence-electron chi connectivity index (χ3n) is 3.28. The lowest BCUT2D eigenvalue weighted by Gasteiger charge is -2.26. The number of carbonyl (C=O) groups excluding carboxylic acids is 2. The summed E-state index contributed by atoms with van der Waals surface area (Å²) in [5.41, 5.74) is 0.989. The fourth-order valence-corrected chi connectivity index (χ4v) is 2.06. The Morgan fingerprint density at radius 3 is 2.45 bits per heavy atom. The number of hydrogen-bond acceptors (Lipinski definition) is 3. The van der Waals surface area contributed by atoms with Crippen LogP contribution in [-0.4, -0.2) is 22.8 Å². The quantitative estimate of drug-likeness (QED) is 0.862. The minimum absolute atomic E-state index is 0.0675. The van der Waals surface area contributed by atoms with Crippen LogP contribution in [0.1, 0.15) is 25.2 Å². The first-order chi connectivity index (χ1) is 10.6. The van der Waals surface area contributed by atoms with Gasteiger partial charge >= 0.3 is 11.8 Å². The van der Waals surface area contributed by atoms with E-state index in [4.69, 9.17) is 4.42 Å². The van der Waals surface area contributed by atoms with Gasteiger partial charge in [0, 0.05) is 12.6 Å². The Hall–Kier alpha value is -2.56. The van der Waals surface area contributed by atoms with Crippen LogP contribution in [0, 0.1) is 0 Å². The minimum atomic E-state index is -0.624. The molecule has 1 aromatic heterocycles. The Labute approximate surface area is 129 Å². The third kappa shape index (κ3) is 4.22. The first-order valence-electron chi connectivity index (χ1n) is 7.23. The number of amides is 2. The molecule has 2 rings (SSSR count). The second-order valence-electron chi connectivity index (χ2n) is 5.27. The van der Waals surface area contributed by atoms with Gasteiger partial charge in [0.15, 0.2) is 0 Å². The summed E-state index contributed by atoms with van der Waals surface area (Å²) in [5.74, 6) is -0.549. The molecule has 1 heterocycles. The fraction of sp³-hybridized carbons (Fsp3) is 0.294. The molecule has 0 radical (unpaired) electrons. The van der Waals surface area contributed by atoms with Crippen LogP contribution >= 0.6 is 0 Å². The summed E-state index contributed by atoms with van der Waals surface area (Å²) in [7, 11) is 0. The standard InChI is InChI=1S/C17H20N2O3/c1-13(2)19(12-14-7-4-3-5-8-14)17(21)16(20)18-11-15-9-6-10-22-15/h3-10,13H,11-12H2,1-2H3,(H,18,20). The molecule has 5 nitrogen and oxygen atoms in total. The van der Waals surface area contributed by atoms with Crippen molar-refractivity contribution in [2.24, 2.45) is 0 Å². The Morgan fingerprint density at radius 1 is 1.14 bits per heavy atom. The Morgan fingerprint density at radius 2 is 1.86 bits per heavy atom. The highest BCUT2D eigenvalue weighted by Crippen LogP contribution is 2.09. The van der Waals surface area contributed by atoms with Crippen molar-refractivity contribution in [3.8, 4) is 0 Å². The van der Waals surface area contributed by atoms with Gasteiger partial charge in [0.1, 0.15) is 5.76 Å². The van der Waals surface area contributed by atoms with Crippen molar-refractivity contribution >= 4 is 11.8 Å². The van der Waals surface area contributed by atoms with Crippen molar-refractivity contribution in [3.63, 3.8) is 0 Å². The lowest BCUT2D eigenvalue weighted by Crippen LogP contribution is -2.45. The molecule has 0 bridgehead atoms. The second kappa shape index (κ2) is 7.45. The largest absolute Gasteiger partial charge is 0.467 e. The number of benzene rings is 1. The number of carbonyl (C=O) groups is 2. The fourth-order valence-electron chi connectivity index (χ4n) is 2.06. The Bertz CT molecular complexity index is 606. The van der Waals surface area contributed by atoms with Crippen molar-refractivity contribution in [3.05, 3.63) is 60.1 Å². The molecule has 0 saturated heterocycles. The lowest BCUT2D eigenvalue weighted by atomic mass is 10.2. The predicted octanol–water partition coefficient (Wildman–Crippen LogP) is 2.33. The maximum Gasteiger partial charge on any atom is 0.312 e. The van der Waals surface area contributed by atoms with Gasteiger partial charge in [-0.25, -0.2) is 0 Å². The summed E-state index contributed by atoms with van der Waals surface area (Å²) in [6.45, 7) is 4.39. The molecule has 0 aliphatic rings. The molecule has 0 saturated carbocycles. The van der Waals surface area contributed by atoms with E-state index in [-0.39, 0.29) is 12.6 Å². The van der Waals surface area contributed by atoms with Crippen LogP contribution in [0.5, 0.6) is 0 Å². The Balaban J connectivity index is 1.98. The molecular weight excluding hydrogens is 280 g/mol. The maximum atomic E-state index is 12.3. The van der Waals surface area contributed by atoms with Crippen LogP contribution in [0.15, 0.2) is 53.1 Å². The van der Waals surface area contributed by atoms with E-state index in [9.17, 15) is 9.59 Å². The van der Waals surface area contributed by atoms with Gasteiger partial charge in [0.05, 0.1) is 12.8 Å². The van der Waals surface area contributed by atoms with Gasteiger partial charge in [0.25, 0.3) is 0 Å². The Kier molecular flexibility index (Phi) is 5.36. The molecule has 2 aromatic rings. The molecule has 0 aliphatic carbocycles. The first-order valence-corrected chi connectivity index (χ1v) is 7.23. The van der Waals surface area contributed by atoms with Crippen LogP contribution in [0.2, 0.25) is 0 Å². The zero-order chi connectivity index (χ0) is 15.9. The summed E-state index contributed by atoms with van der Waals surface area (Å²) in [4.78, 5) is 25.9. The van der Waals surface area contributed by atoms with Crippen molar-refractivity contribution < 1.29 is 14.0 Å². The van der Waals surface area contributed by atoms with Gasteiger partial charge in [-0.05, 0) is 31.5 Å². The van der Waals surface area contributed by atoms with Gasteiger partial charge in [-0.2, -0.15) is 0 Å². The lowest BCUT2D eigenvalue weighted by molar-refractivity contribution is -0.147. The number of nitrogens with zero attached hydrogens (tertiary/aromatic N) is 1. The highest BCUT2D eigenvalue weighted by molar-refractivity contribution is 6.35. The third-order valence-corrected chi connectivity index (χ3v) is 3.28. The molecule has 5 heteroatoms. The molecular formula is C17H20N2O3. The van der Waals surface area contributed by atoms with E-state index in [0.29, 0.717) is 12.3 Å². The average Bonchev–Trinajstić information content (AvgIpc) is 3.03. The van der Waals surface area contributed by atoms with Gasteiger partial charge in [0.2, 0.25) is 0 Å². The molecule has 0 unspecified atom stereocenters. The maximum absolute atomic E-state index is 12.3. The summed E-state index contributed by atoms with van der Waals surface area (Å²) in [6, 6.07) is 13.0. The number of furan rings is 1. The van der Waals surface area contributed by atoms with E-state index in [2.05, 4.69) is 5.32 Å². The molecule has 1 aromatic carbocycles. The highest BCUT2D eigenvalue weighted by Gasteiger charge is 2.24. The topological polar surface area (TPSA) is 62.6 Å². The van der Waals surface area contributed by atoms with E-state index in [1.54, 1.807) is 17.0 Å². The van der Waals surface area contributed by atoms with Gasteiger partial charge in [-0.15, -0.1) is 0 Å². The smallest absolute Gasteiger partial charge is 0.312 e. The molecule has 0 fully saturated rings. The average molecular weight is 300 g/mol. The van der Waals surface area contributed by atoms with Crippen LogP contribution in [0.25, 0.3) is 0 Å². The van der Waals surface area contributed by atoms with Crippen LogP contribution in [0.4, 0.5) is 0 Å². The van der Waals surface area contributed by atoms with Crippen LogP contribution in [0.3, 0.4) is 0 Å². The minimum Gasteiger partial charge on any atom is -0.467 e. The van der Waals surface area contributed by atoms with Gasteiger partial charge in [-0.3, -0.25) is 9.59 Å². The molecule has 0 aliphatic heterocycles. The molecule has 0 atom stereocenters. The summed E-state index contributed by atoms with van der Waals surface area (Å²) in [6.07, 6.45) is 1.53. The normalized spacial score (nSPS) is 10.5. The first kappa shape index (κ1) is 15.8. The van der Waals surface area contributed by atoms with E-state index in [1.807, 2.05) is 44.2 Å². The van der Waals surface area contributed by atoms with Crippen molar-refractivity contribution in [2.75, 3.05) is 0 Å². The van der Waals surface area contributed by atoms with E-state index < -0.39 is 11.8 Å². The van der Waals surface area contributed by atoms with E-state index in [1.165, 1.54) is 6.26 Å². The van der Waals surface area contributed by atoms with Crippen LogP contribution in [-0.2, 0) is 22.7 Å². The second-order valence-corrected chi connectivity index (χ2v) is 5.27. The summed E-state index contributed by atoms with van der Waals surface area (Å²) < 4.78 is 5.13. The molecule has 22 heavy (non-hydrogen) atoms. The monoisotopic (exact) mass is 300 g/mol. The SMILES string of the molecule is CC(C)N(Cc1ccccc1)C(=O)C(=O)NCc1ccco1. The zero-order valence-electron chi connectivity index (χ0n) is 12.8. The number of rotatable bonds is 5. The van der Waals surface area contributed by atoms with Gasteiger partial charge in [-0.1, -0.05) is 30.3 Å². The van der Waals surface area contributed by atoms with E-state index in [0.717, 1.165) is 5.56 Å².